The van der Waals surface area contributed by atoms with Crippen molar-refractivity contribution in [2.24, 2.45) is 14.1 Å². The molecule has 0 aliphatic carbocycles. The lowest BCUT2D eigenvalue weighted by Gasteiger charge is -2.30. The Morgan fingerprint density at radius 1 is 1.18 bits per heavy atom. The molecule has 4 aromatic rings. The molecule has 0 saturated carbocycles. The van der Waals surface area contributed by atoms with Crippen molar-refractivity contribution in [3.8, 4) is 11.1 Å². The first-order chi connectivity index (χ1) is 21.0. The van der Waals surface area contributed by atoms with Crippen molar-refractivity contribution >= 4 is 53.7 Å². The van der Waals surface area contributed by atoms with Gasteiger partial charge in [-0.2, -0.15) is 10.1 Å². The molecule has 3 aromatic heterocycles. The van der Waals surface area contributed by atoms with Crippen molar-refractivity contribution in [1.82, 2.24) is 29.2 Å². The van der Waals surface area contributed by atoms with Crippen molar-refractivity contribution in [2.75, 3.05) is 31.2 Å². The fourth-order valence-electron chi connectivity index (χ4n) is 5.65. The maximum Gasteiger partial charge on any atom is 0.408 e. The minimum Gasteiger partial charge on any atom is -0.444 e. The van der Waals surface area contributed by atoms with Crippen LogP contribution in [0.4, 0.5) is 10.7 Å². The topological polar surface area (TPSA) is 129 Å². The van der Waals surface area contributed by atoms with Gasteiger partial charge in [-0.25, -0.2) is 4.79 Å². The number of aliphatic hydroxyl groups is 1. The molecule has 244 valence electrons. The van der Waals surface area contributed by atoms with Gasteiger partial charge < -0.3 is 29.4 Å². The number of aliphatic hydroxyl groups excluding tert-OH is 1. The number of nitrogens with zero attached hydrogens (tertiary/aromatic N) is 6. The summed E-state index contributed by atoms with van der Waals surface area (Å²) < 4.78 is 16.7. The Kier molecular flexibility index (Phi) is 8.86. The first kappa shape index (κ1) is 33.0. The van der Waals surface area contributed by atoms with Gasteiger partial charge in [-0.1, -0.05) is 37.3 Å². The van der Waals surface area contributed by atoms with E-state index in [0.29, 0.717) is 52.7 Å². The van der Waals surface area contributed by atoms with E-state index >= 15 is 0 Å². The highest BCUT2D eigenvalue weighted by atomic mass is 35.5. The van der Waals surface area contributed by atoms with Gasteiger partial charge in [0.1, 0.15) is 12.3 Å². The van der Waals surface area contributed by atoms with Gasteiger partial charge >= 0.3 is 6.09 Å². The second-order valence-corrected chi connectivity index (χ2v) is 20.2. The number of halogens is 1. The van der Waals surface area contributed by atoms with Crippen molar-refractivity contribution in [3.05, 3.63) is 39.9 Å². The maximum atomic E-state index is 14.2. The number of aromatic nitrogens is 5. The lowest BCUT2D eigenvalue weighted by molar-refractivity contribution is 0.0417. The maximum absolute atomic E-state index is 14.2. The summed E-state index contributed by atoms with van der Waals surface area (Å²) in [4.78, 5) is 33.7. The zero-order chi connectivity index (χ0) is 32.9. The van der Waals surface area contributed by atoms with Crippen molar-refractivity contribution in [3.63, 3.8) is 0 Å². The van der Waals surface area contributed by atoms with Crippen LogP contribution in [-0.4, -0.2) is 80.6 Å². The van der Waals surface area contributed by atoms with Crippen LogP contribution in [-0.2, 0) is 30.3 Å². The molecule has 0 spiro atoms. The number of benzene rings is 1. The van der Waals surface area contributed by atoms with E-state index in [4.69, 9.17) is 26.1 Å². The van der Waals surface area contributed by atoms with Crippen LogP contribution in [0.5, 0.6) is 0 Å². The van der Waals surface area contributed by atoms with Gasteiger partial charge in [-0.15, -0.1) is 0 Å². The largest absolute Gasteiger partial charge is 0.444 e. The average Bonchev–Trinajstić information content (AvgIpc) is 3.63. The Morgan fingerprint density at radius 2 is 1.91 bits per heavy atom. The molecule has 1 unspecified atom stereocenters. The van der Waals surface area contributed by atoms with E-state index in [-0.39, 0.29) is 25.4 Å². The minimum absolute atomic E-state index is 0.216. The number of nitrogens with one attached hydrogen (secondary N) is 1. The molecule has 1 aromatic carbocycles. The molecule has 4 heterocycles. The summed E-state index contributed by atoms with van der Waals surface area (Å²) in [6.07, 6.45) is 3.59. The molecule has 1 aliphatic rings. The van der Waals surface area contributed by atoms with Crippen LogP contribution in [0.2, 0.25) is 30.7 Å². The lowest BCUT2D eigenvalue weighted by atomic mass is 10.0. The third kappa shape index (κ3) is 6.91. The summed E-state index contributed by atoms with van der Waals surface area (Å²) in [7, 11) is 2.21. The van der Waals surface area contributed by atoms with Crippen LogP contribution in [0.3, 0.4) is 0 Å². The van der Waals surface area contributed by atoms with Gasteiger partial charge in [-0.05, 0) is 39.3 Å². The van der Waals surface area contributed by atoms with E-state index < -0.39 is 25.3 Å². The van der Waals surface area contributed by atoms with Crippen molar-refractivity contribution in [2.45, 2.75) is 70.7 Å². The normalized spacial score (nSPS) is 17.5. The molecule has 45 heavy (non-hydrogen) atoms. The molecule has 1 atom stereocenters. The van der Waals surface area contributed by atoms with Gasteiger partial charge in [0.25, 0.3) is 5.56 Å². The smallest absolute Gasteiger partial charge is 0.408 e. The highest BCUT2D eigenvalue weighted by molar-refractivity contribution is 6.76. The van der Waals surface area contributed by atoms with Gasteiger partial charge in [0.2, 0.25) is 5.95 Å². The zero-order valence-corrected chi connectivity index (χ0v) is 29.2. The van der Waals surface area contributed by atoms with E-state index in [1.807, 2.05) is 41.0 Å². The number of carbonyl (C=O) groups excluding carboxylic acids is 1. The van der Waals surface area contributed by atoms with Crippen LogP contribution in [0.15, 0.2) is 29.3 Å². The van der Waals surface area contributed by atoms with Crippen LogP contribution < -0.4 is 15.8 Å². The highest BCUT2D eigenvalue weighted by Crippen LogP contribution is 2.38. The summed E-state index contributed by atoms with van der Waals surface area (Å²) in [5, 5.41) is 19.4. The fraction of sp³-hybridized carbons (Fsp3) is 0.548. The summed E-state index contributed by atoms with van der Waals surface area (Å²) in [6.45, 7) is 13.5. The molecular weight excluding hydrogens is 614 g/mol. The van der Waals surface area contributed by atoms with Gasteiger partial charge in [-0.3, -0.25) is 14.0 Å². The summed E-state index contributed by atoms with van der Waals surface area (Å²) in [5.74, 6) is 0.427. The van der Waals surface area contributed by atoms with E-state index in [0.717, 1.165) is 16.9 Å². The quantitative estimate of drug-likeness (QED) is 0.196. The summed E-state index contributed by atoms with van der Waals surface area (Å²) in [6, 6.07) is 4.78. The average molecular weight is 658 g/mol. The Hall–Kier alpha value is -3.39. The predicted molar refractivity (Wildman–Crippen MR) is 180 cm³/mol. The Morgan fingerprint density at radius 3 is 2.58 bits per heavy atom. The van der Waals surface area contributed by atoms with Crippen LogP contribution in [0.25, 0.3) is 33.1 Å². The van der Waals surface area contributed by atoms with E-state index in [1.54, 1.807) is 32.5 Å². The van der Waals surface area contributed by atoms with Gasteiger partial charge in [0, 0.05) is 70.8 Å². The van der Waals surface area contributed by atoms with Crippen LogP contribution in [0, 0.1) is 0 Å². The number of fused-ring (bicyclic) bond motifs is 2. The molecule has 2 N–H and O–H groups in total. The molecule has 5 rings (SSSR count). The number of ether oxygens (including phenoxy) is 2. The minimum atomic E-state index is -1.31. The molecule has 1 aliphatic heterocycles. The molecule has 12 nitrogen and oxygen atoms in total. The fourth-order valence-corrected chi connectivity index (χ4v) is 6.72. The van der Waals surface area contributed by atoms with E-state index in [2.05, 4.69) is 30.1 Å². The molecule has 14 heteroatoms. The SMILES string of the molecule is Cn1cc2c(Cl)c(-c3cn(COCC[Si](C)(C)C)c4nc(N5CCC(CO)(NC(=O)OC(C)(C)C)C5)n(C)c(=O)c34)ccc2n1. The number of carbonyl (C=O) groups is 1. The third-order valence-electron chi connectivity index (χ3n) is 8.03. The van der Waals surface area contributed by atoms with Crippen LogP contribution >= 0.6 is 11.6 Å². The Labute approximate surface area is 268 Å². The molecule has 1 fully saturated rings. The second kappa shape index (κ2) is 12.1. The van der Waals surface area contributed by atoms with E-state index in [1.165, 1.54) is 4.57 Å². The van der Waals surface area contributed by atoms with Gasteiger partial charge in [0.05, 0.1) is 28.1 Å². The van der Waals surface area contributed by atoms with Crippen molar-refractivity contribution in [1.29, 1.82) is 0 Å². The summed E-state index contributed by atoms with van der Waals surface area (Å²) in [5.41, 5.74) is 0.729. The monoisotopic (exact) mass is 657 g/mol. The molecule has 1 saturated heterocycles. The molecule has 0 bridgehead atoms. The predicted octanol–water partition coefficient (Wildman–Crippen LogP) is 4.72. The number of hydrogen-bond acceptors (Lipinski definition) is 8. The number of hydrogen-bond donors (Lipinski definition) is 2. The number of amides is 1. The number of anilines is 1. The Bertz CT molecular complexity index is 1800. The van der Waals surface area contributed by atoms with Crippen molar-refractivity contribution < 1.29 is 19.4 Å². The molecule has 0 radical (unpaired) electrons. The first-order valence-electron chi connectivity index (χ1n) is 15.2. The zero-order valence-electron chi connectivity index (χ0n) is 27.4. The number of aryl methyl sites for hydroxylation is 1. The second-order valence-electron chi connectivity index (χ2n) is 14.2. The highest BCUT2D eigenvalue weighted by Gasteiger charge is 2.41. The standard InChI is InChI=1S/C31H44ClN7O5Si/c1-30(2,3)44-29(42)34-31(18-40)11-12-38(17-31)28-33-26-24(27(41)37(28)5)21(16-39(26)19-43-13-14-45(6,7)8)20-9-10-23-22(25(20)32)15-36(4)35-23/h9-10,15-16,40H,11-14,17-19H2,1-8H3,(H,34,42). The number of alkyl carbamates (subject to hydrolysis) is 1. The third-order valence-corrected chi connectivity index (χ3v) is 10.1. The Balaban J connectivity index is 1.56. The van der Waals surface area contributed by atoms with Gasteiger partial charge in [0.15, 0.2) is 5.65 Å². The summed E-state index contributed by atoms with van der Waals surface area (Å²) >= 11 is 6.94. The van der Waals surface area contributed by atoms with E-state index in [9.17, 15) is 14.7 Å². The lowest BCUT2D eigenvalue weighted by Crippen LogP contribution is -2.54. The molecule has 1 amide bonds. The van der Waals surface area contributed by atoms with Crippen LogP contribution in [0.1, 0.15) is 27.2 Å². The molecular formula is C31H44ClN7O5Si. The first-order valence-corrected chi connectivity index (χ1v) is 19.3. The number of rotatable bonds is 9.